The Morgan fingerprint density at radius 1 is 1.18 bits per heavy atom. The zero-order chi connectivity index (χ0) is 13.0. The molecule has 1 aromatic rings. The summed E-state index contributed by atoms with van der Waals surface area (Å²) < 4.78 is 0. The van der Waals surface area contributed by atoms with E-state index in [1.807, 2.05) is 0 Å². The molecule has 17 heavy (non-hydrogen) atoms. The molecule has 0 aliphatic rings. The van der Waals surface area contributed by atoms with Gasteiger partial charge in [0.25, 0.3) is 0 Å². The van der Waals surface area contributed by atoms with Crippen LogP contribution in [0.5, 0.6) is 0 Å². The number of aromatic nitrogens is 2. The molecule has 4 nitrogen and oxygen atoms in total. The van der Waals surface area contributed by atoms with E-state index in [4.69, 9.17) is 17.3 Å². The third-order valence-corrected chi connectivity index (χ3v) is 2.63. The monoisotopic (exact) mass is 256 g/mol. The minimum atomic E-state index is 0.342. The highest BCUT2D eigenvalue weighted by Gasteiger charge is 2.16. The van der Waals surface area contributed by atoms with Crippen LogP contribution in [0.3, 0.4) is 0 Å². The molecule has 96 valence electrons. The average Bonchev–Trinajstić information content (AvgIpc) is 2.19. The van der Waals surface area contributed by atoms with Gasteiger partial charge in [-0.15, -0.1) is 0 Å². The van der Waals surface area contributed by atoms with Gasteiger partial charge in [-0.3, -0.25) is 0 Å². The third kappa shape index (κ3) is 4.04. The molecule has 1 heterocycles. The van der Waals surface area contributed by atoms with E-state index in [-0.39, 0.29) is 0 Å². The van der Waals surface area contributed by atoms with Crippen LogP contribution in [-0.2, 0) is 0 Å². The van der Waals surface area contributed by atoms with Crippen molar-refractivity contribution in [2.45, 2.75) is 27.7 Å². The van der Waals surface area contributed by atoms with E-state index < -0.39 is 0 Å². The zero-order valence-electron chi connectivity index (χ0n) is 10.9. The van der Waals surface area contributed by atoms with E-state index in [0.717, 1.165) is 18.9 Å². The summed E-state index contributed by atoms with van der Waals surface area (Å²) in [5.41, 5.74) is 5.71. The summed E-state index contributed by atoms with van der Waals surface area (Å²) in [6, 6.07) is 0. The van der Waals surface area contributed by atoms with Gasteiger partial charge in [0, 0.05) is 13.1 Å². The molecule has 0 amide bonds. The first-order valence-corrected chi connectivity index (χ1v) is 6.30. The highest BCUT2D eigenvalue weighted by atomic mass is 35.5. The van der Waals surface area contributed by atoms with Crippen LogP contribution in [0.2, 0.25) is 5.02 Å². The number of nitrogens with two attached hydrogens (primary N) is 1. The molecule has 0 bridgehead atoms. The van der Waals surface area contributed by atoms with Crippen LogP contribution in [0.4, 0.5) is 11.6 Å². The van der Waals surface area contributed by atoms with Crippen LogP contribution < -0.4 is 10.6 Å². The number of anilines is 2. The molecule has 0 saturated heterocycles. The van der Waals surface area contributed by atoms with Crippen molar-refractivity contribution in [3.8, 4) is 0 Å². The second kappa shape index (κ2) is 6.05. The van der Waals surface area contributed by atoms with Crippen molar-refractivity contribution in [1.29, 1.82) is 0 Å². The Balaban J connectivity index is 2.99. The van der Waals surface area contributed by atoms with Gasteiger partial charge in [-0.25, -0.2) is 9.97 Å². The van der Waals surface area contributed by atoms with Gasteiger partial charge in [-0.1, -0.05) is 39.3 Å². The lowest BCUT2D eigenvalue weighted by atomic mass is 10.1. The van der Waals surface area contributed by atoms with Crippen LogP contribution in [0.1, 0.15) is 27.7 Å². The minimum Gasteiger partial charge on any atom is -0.382 e. The van der Waals surface area contributed by atoms with Crippen molar-refractivity contribution in [2.24, 2.45) is 11.8 Å². The smallest absolute Gasteiger partial charge is 0.153 e. The lowest BCUT2D eigenvalue weighted by Crippen LogP contribution is -2.32. The zero-order valence-corrected chi connectivity index (χ0v) is 11.7. The van der Waals surface area contributed by atoms with E-state index in [1.165, 1.54) is 6.33 Å². The summed E-state index contributed by atoms with van der Waals surface area (Å²) >= 11 is 6.16. The van der Waals surface area contributed by atoms with Gasteiger partial charge in [0.1, 0.15) is 17.2 Å². The van der Waals surface area contributed by atoms with Gasteiger partial charge in [-0.2, -0.15) is 0 Å². The Labute approximate surface area is 108 Å². The molecule has 0 radical (unpaired) electrons. The highest BCUT2D eigenvalue weighted by Crippen LogP contribution is 2.27. The maximum absolute atomic E-state index is 6.16. The topological polar surface area (TPSA) is 55.0 Å². The van der Waals surface area contributed by atoms with Crippen LogP contribution in [-0.4, -0.2) is 23.1 Å². The molecule has 0 unspecified atom stereocenters. The summed E-state index contributed by atoms with van der Waals surface area (Å²) in [4.78, 5) is 10.3. The SMILES string of the molecule is CC(C)CN(CC(C)C)c1ncnc(N)c1Cl. The second-order valence-electron chi connectivity index (χ2n) is 5.09. The molecule has 1 rings (SSSR count). The largest absolute Gasteiger partial charge is 0.382 e. The van der Waals surface area contributed by atoms with Crippen molar-refractivity contribution in [3.05, 3.63) is 11.3 Å². The summed E-state index contributed by atoms with van der Waals surface area (Å²) in [5.74, 6) is 2.16. The van der Waals surface area contributed by atoms with E-state index in [2.05, 4.69) is 42.6 Å². The van der Waals surface area contributed by atoms with Gasteiger partial charge in [0.05, 0.1) is 0 Å². The molecule has 0 atom stereocenters. The summed E-state index contributed by atoms with van der Waals surface area (Å²) in [7, 11) is 0. The fourth-order valence-electron chi connectivity index (χ4n) is 1.72. The first-order valence-electron chi connectivity index (χ1n) is 5.92. The van der Waals surface area contributed by atoms with E-state index >= 15 is 0 Å². The minimum absolute atomic E-state index is 0.342. The van der Waals surface area contributed by atoms with Gasteiger partial charge < -0.3 is 10.6 Å². The van der Waals surface area contributed by atoms with Crippen molar-refractivity contribution < 1.29 is 0 Å². The molecule has 5 heteroatoms. The van der Waals surface area contributed by atoms with E-state index in [0.29, 0.717) is 22.7 Å². The van der Waals surface area contributed by atoms with Gasteiger partial charge in [-0.05, 0) is 11.8 Å². The predicted octanol–water partition coefficient (Wildman–Crippen LogP) is 2.83. The average molecular weight is 257 g/mol. The molecule has 0 saturated carbocycles. The Morgan fingerprint density at radius 2 is 1.71 bits per heavy atom. The fourth-order valence-corrected chi connectivity index (χ4v) is 1.94. The van der Waals surface area contributed by atoms with Gasteiger partial charge >= 0.3 is 0 Å². The number of rotatable bonds is 5. The number of hydrogen-bond acceptors (Lipinski definition) is 4. The summed E-state index contributed by atoms with van der Waals surface area (Å²) in [5, 5.41) is 0.453. The first kappa shape index (κ1) is 14.0. The molecule has 2 N–H and O–H groups in total. The van der Waals surface area contributed by atoms with E-state index in [9.17, 15) is 0 Å². The first-order chi connectivity index (χ1) is 7.91. The van der Waals surface area contributed by atoms with Gasteiger partial charge in [0.15, 0.2) is 5.82 Å². The quantitative estimate of drug-likeness (QED) is 0.880. The van der Waals surface area contributed by atoms with Crippen molar-refractivity contribution >= 4 is 23.2 Å². The normalized spacial score (nSPS) is 11.2. The Hall–Kier alpha value is -1.03. The number of nitrogen functional groups attached to an aromatic ring is 1. The molecule has 0 aromatic carbocycles. The van der Waals surface area contributed by atoms with Crippen LogP contribution in [0.25, 0.3) is 0 Å². The number of halogens is 1. The standard InChI is InChI=1S/C12H21ClN4/c1-8(2)5-17(6-9(3)4)12-10(13)11(14)15-7-16-12/h7-9H,5-6H2,1-4H3,(H2,14,15,16). The Bertz CT molecular complexity index is 356. The van der Waals surface area contributed by atoms with Crippen LogP contribution in [0, 0.1) is 11.8 Å². The van der Waals surface area contributed by atoms with Crippen molar-refractivity contribution in [3.63, 3.8) is 0 Å². The summed E-state index contributed by atoms with van der Waals surface area (Å²) in [6.07, 6.45) is 1.46. The molecule has 0 aliphatic heterocycles. The van der Waals surface area contributed by atoms with Gasteiger partial charge in [0.2, 0.25) is 0 Å². The summed E-state index contributed by atoms with van der Waals surface area (Å²) in [6.45, 7) is 10.5. The molecular formula is C12H21ClN4. The van der Waals surface area contributed by atoms with E-state index in [1.54, 1.807) is 0 Å². The van der Waals surface area contributed by atoms with Crippen LogP contribution in [0.15, 0.2) is 6.33 Å². The highest BCUT2D eigenvalue weighted by molar-refractivity contribution is 6.35. The van der Waals surface area contributed by atoms with Crippen molar-refractivity contribution in [1.82, 2.24) is 9.97 Å². The molecule has 0 fully saturated rings. The number of hydrogen-bond donors (Lipinski definition) is 1. The lowest BCUT2D eigenvalue weighted by molar-refractivity contribution is 0.548. The number of nitrogens with zero attached hydrogens (tertiary/aromatic N) is 3. The molecular weight excluding hydrogens is 236 g/mol. The Morgan fingerprint density at radius 3 is 2.18 bits per heavy atom. The molecule has 0 spiro atoms. The molecule has 0 aliphatic carbocycles. The predicted molar refractivity (Wildman–Crippen MR) is 73.3 cm³/mol. The fraction of sp³-hybridized carbons (Fsp3) is 0.667. The van der Waals surface area contributed by atoms with Crippen LogP contribution >= 0.6 is 11.6 Å². The third-order valence-electron chi connectivity index (χ3n) is 2.27. The maximum atomic E-state index is 6.16. The van der Waals surface area contributed by atoms with Crippen molar-refractivity contribution in [2.75, 3.05) is 23.7 Å². The maximum Gasteiger partial charge on any atom is 0.153 e. The lowest BCUT2D eigenvalue weighted by Gasteiger charge is -2.28. The Kier molecular flexibility index (Phi) is 5.00. The second-order valence-corrected chi connectivity index (χ2v) is 5.47. The molecule has 1 aromatic heterocycles.